The van der Waals surface area contributed by atoms with Gasteiger partial charge in [-0.2, -0.15) is 0 Å². The van der Waals surface area contributed by atoms with Crippen LogP contribution in [-0.4, -0.2) is 15.9 Å². The van der Waals surface area contributed by atoms with Crippen LogP contribution >= 0.6 is 0 Å². The van der Waals surface area contributed by atoms with Gasteiger partial charge < -0.3 is 11.1 Å². The summed E-state index contributed by atoms with van der Waals surface area (Å²) in [4.78, 5) is 19.7. The van der Waals surface area contributed by atoms with Gasteiger partial charge in [-0.3, -0.25) is 9.78 Å². The van der Waals surface area contributed by atoms with Crippen LogP contribution in [0.3, 0.4) is 0 Å². The molecule has 19 heavy (non-hydrogen) atoms. The third-order valence-electron chi connectivity index (χ3n) is 2.65. The molecule has 0 saturated carbocycles. The standard InChI is InChI=1S/C14H16N4O/c15-12-6-7-13(17-10-12)18-14(19)5-1-3-11-4-2-8-16-9-11/h2,4,6-10H,1,3,5,15H2,(H,17,18,19). The maximum absolute atomic E-state index is 11.7. The number of anilines is 2. The molecule has 0 aliphatic heterocycles. The molecular weight excluding hydrogens is 240 g/mol. The van der Waals surface area contributed by atoms with Crippen molar-refractivity contribution >= 4 is 17.4 Å². The fourth-order valence-electron chi connectivity index (χ4n) is 1.68. The largest absolute Gasteiger partial charge is 0.397 e. The molecule has 0 aromatic carbocycles. The van der Waals surface area contributed by atoms with Gasteiger partial charge in [-0.1, -0.05) is 6.07 Å². The monoisotopic (exact) mass is 256 g/mol. The van der Waals surface area contributed by atoms with Crippen LogP contribution in [0.1, 0.15) is 18.4 Å². The summed E-state index contributed by atoms with van der Waals surface area (Å²) >= 11 is 0. The number of amides is 1. The van der Waals surface area contributed by atoms with Gasteiger partial charge in [0.2, 0.25) is 5.91 Å². The van der Waals surface area contributed by atoms with Gasteiger partial charge in [0.25, 0.3) is 0 Å². The minimum atomic E-state index is -0.0406. The maximum Gasteiger partial charge on any atom is 0.225 e. The summed E-state index contributed by atoms with van der Waals surface area (Å²) < 4.78 is 0. The van der Waals surface area contributed by atoms with E-state index in [-0.39, 0.29) is 5.91 Å². The highest BCUT2D eigenvalue weighted by Crippen LogP contribution is 2.08. The number of aromatic nitrogens is 2. The van der Waals surface area contributed by atoms with Gasteiger partial charge in [-0.25, -0.2) is 4.98 Å². The lowest BCUT2D eigenvalue weighted by Gasteiger charge is -2.04. The van der Waals surface area contributed by atoms with Crippen molar-refractivity contribution in [1.29, 1.82) is 0 Å². The number of carbonyl (C=O) groups excluding carboxylic acids is 1. The van der Waals surface area contributed by atoms with Gasteiger partial charge in [0.05, 0.1) is 11.9 Å². The van der Waals surface area contributed by atoms with Crippen LogP contribution in [0, 0.1) is 0 Å². The zero-order valence-corrected chi connectivity index (χ0v) is 10.5. The van der Waals surface area contributed by atoms with E-state index in [0.29, 0.717) is 17.9 Å². The molecule has 2 aromatic heterocycles. The Morgan fingerprint density at radius 2 is 2.16 bits per heavy atom. The molecular formula is C14H16N4O. The molecule has 98 valence electrons. The zero-order chi connectivity index (χ0) is 13.5. The Morgan fingerprint density at radius 1 is 1.26 bits per heavy atom. The summed E-state index contributed by atoms with van der Waals surface area (Å²) in [5.74, 6) is 0.488. The molecule has 0 radical (unpaired) electrons. The number of rotatable bonds is 5. The molecule has 0 aliphatic rings. The first kappa shape index (κ1) is 13.0. The molecule has 2 rings (SSSR count). The minimum absolute atomic E-state index is 0.0406. The fourth-order valence-corrected chi connectivity index (χ4v) is 1.68. The highest BCUT2D eigenvalue weighted by Gasteiger charge is 2.03. The lowest BCUT2D eigenvalue weighted by molar-refractivity contribution is -0.116. The van der Waals surface area contributed by atoms with Crippen molar-refractivity contribution in [3.05, 3.63) is 48.4 Å². The molecule has 0 fully saturated rings. The predicted molar refractivity (Wildman–Crippen MR) is 74.5 cm³/mol. The average molecular weight is 256 g/mol. The van der Waals surface area contributed by atoms with Crippen LogP contribution in [0.15, 0.2) is 42.9 Å². The Balaban J connectivity index is 1.74. The molecule has 0 spiro atoms. The van der Waals surface area contributed by atoms with Crippen molar-refractivity contribution in [2.24, 2.45) is 0 Å². The molecule has 5 nitrogen and oxygen atoms in total. The quantitative estimate of drug-likeness (QED) is 0.857. The smallest absolute Gasteiger partial charge is 0.225 e. The van der Waals surface area contributed by atoms with Crippen LogP contribution in [0.25, 0.3) is 0 Å². The summed E-state index contributed by atoms with van der Waals surface area (Å²) in [5, 5.41) is 2.73. The second-order valence-corrected chi connectivity index (χ2v) is 4.24. The molecule has 0 bridgehead atoms. The second kappa shape index (κ2) is 6.49. The van der Waals surface area contributed by atoms with Crippen LogP contribution in [0.4, 0.5) is 11.5 Å². The van der Waals surface area contributed by atoms with Crippen molar-refractivity contribution in [1.82, 2.24) is 9.97 Å². The van der Waals surface area contributed by atoms with E-state index in [1.54, 1.807) is 18.3 Å². The molecule has 3 N–H and O–H groups in total. The van der Waals surface area contributed by atoms with Crippen LogP contribution in [0.5, 0.6) is 0 Å². The van der Waals surface area contributed by atoms with Crippen LogP contribution in [0.2, 0.25) is 0 Å². The van der Waals surface area contributed by atoms with E-state index in [9.17, 15) is 4.79 Å². The van der Waals surface area contributed by atoms with Crippen molar-refractivity contribution in [2.45, 2.75) is 19.3 Å². The van der Waals surface area contributed by atoms with E-state index in [1.165, 1.54) is 6.20 Å². The number of pyridine rings is 2. The number of nitrogens with two attached hydrogens (primary N) is 1. The van der Waals surface area contributed by atoms with E-state index in [4.69, 9.17) is 5.73 Å². The van der Waals surface area contributed by atoms with Gasteiger partial charge in [0.15, 0.2) is 0 Å². The minimum Gasteiger partial charge on any atom is -0.397 e. The Kier molecular flexibility index (Phi) is 4.44. The third kappa shape index (κ3) is 4.39. The molecule has 0 aliphatic carbocycles. The number of nitrogens with one attached hydrogen (secondary N) is 1. The van der Waals surface area contributed by atoms with Crippen LogP contribution < -0.4 is 11.1 Å². The number of aryl methyl sites for hydroxylation is 1. The summed E-state index contributed by atoms with van der Waals surface area (Å²) in [6.07, 6.45) is 7.16. The number of hydrogen-bond acceptors (Lipinski definition) is 4. The Morgan fingerprint density at radius 3 is 2.84 bits per heavy atom. The average Bonchev–Trinajstić information content (AvgIpc) is 2.43. The Bertz CT molecular complexity index is 525. The first-order chi connectivity index (χ1) is 9.24. The zero-order valence-electron chi connectivity index (χ0n) is 10.5. The van der Waals surface area contributed by atoms with Crippen molar-refractivity contribution in [2.75, 3.05) is 11.1 Å². The topological polar surface area (TPSA) is 80.9 Å². The maximum atomic E-state index is 11.7. The lowest BCUT2D eigenvalue weighted by Crippen LogP contribution is -2.12. The van der Waals surface area contributed by atoms with E-state index in [0.717, 1.165) is 18.4 Å². The van der Waals surface area contributed by atoms with E-state index < -0.39 is 0 Å². The normalized spacial score (nSPS) is 10.1. The Labute approximate surface area is 111 Å². The Hall–Kier alpha value is -2.43. The first-order valence-electron chi connectivity index (χ1n) is 6.14. The van der Waals surface area contributed by atoms with Crippen molar-refractivity contribution < 1.29 is 4.79 Å². The fraction of sp³-hybridized carbons (Fsp3) is 0.214. The third-order valence-corrected chi connectivity index (χ3v) is 2.65. The summed E-state index contributed by atoms with van der Waals surface area (Å²) in [6.45, 7) is 0. The molecule has 2 aromatic rings. The molecule has 1 amide bonds. The first-order valence-corrected chi connectivity index (χ1v) is 6.14. The van der Waals surface area contributed by atoms with Gasteiger partial charge in [0, 0.05) is 18.8 Å². The van der Waals surface area contributed by atoms with E-state index in [2.05, 4.69) is 15.3 Å². The molecule has 0 saturated heterocycles. The second-order valence-electron chi connectivity index (χ2n) is 4.24. The molecule has 0 atom stereocenters. The number of nitrogens with zero attached hydrogens (tertiary/aromatic N) is 2. The highest BCUT2D eigenvalue weighted by atomic mass is 16.1. The molecule has 2 heterocycles. The van der Waals surface area contributed by atoms with E-state index >= 15 is 0 Å². The van der Waals surface area contributed by atoms with Gasteiger partial charge in [0.1, 0.15) is 5.82 Å². The molecule has 5 heteroatoms. The lowest BCUT2D eigenvalue weighted by atomic mass is 10.1. The van der Waals surface area contributed by atoms with E-state index in [1.807, 2.05) is 18.3 Å². The number of nitrogen functional groups attached to an aromatic ring is 1. The molecule has 0 unspecified atom stereocenters. The van der Waals surface area contributed by atoms with Gasteiger partial charge >= 0.3 is 0 Å². The van der Waals surface area contributed by atoms with Crippen molar-refractivity contribution in [3.63, 3.8) is 0 Å². The highest BCUT2D eigenvalue weighted by molar-refractivity contribution is 5.89. The summed E-state index contributed by atoms with van der Waals surface area (Å²) in [5.41, 5.74) is 7.24. The number of hydrogen-bond donors (Lipinski definition) is 2. The van der Waals surface area contributed by atoms with Gasteiger partial charge in [-0.05, 0) is 36.6 Å². The summed E-state index contributed by atoms with van der Waals surface area (Å²) in [6, 6.07) is 7.30. The summed E-state index contributed by atoms with van der Waals surface area (Å²) in [7, 11) is 0. The predicted octanol–water partition coefficient (Wildman–Crippen LogP) is 2.02. The SMILES string of the molecule is Nc1ccc(NC(=O)CCCc2cccnc2)nc1. The van der Waals surface area contributed by atoms with Gasteiger partial charge in [-0.15, -0.1) is 0 Å². The van der Waals surface area contributed by atoms with Crippen LogP contribution in [-0.2, 0) is 11.2 Å². The number of carbonyl (C=O) groups is 1. The van der Waals surface area contributed by atoms with Crippen molar-refractivity contribution in [3.8, 4) is 0 Å².